The lowest BCUT2D eigenvalue weighted by atomic mass is 10.0. The van der Waals surface area contributed by atoms with Gasteiger partial charge in [0.05, 0.1) is 18.4 Å². The number of amides is 2. The molecule has 0 radical (unpaired) electrons. The largest absolute Gasteiger partial charge is 0.431 e. The van der Waals surface area contributed by atoms with Crippen LogP contribution in [0.3, 0.4) is 0 Å². The van der Waals surface area contributed by atoms with Gasteiger partial charge >= 0.3 is 6.01 Å². The van der Waals surface area contributed by atoms with E-state index in [1.807, 2.05) is 62.4 Å². The van der Waals surface area contributed by atoms with E-state index in [0.717, 1.165) is 30.1 Å². The van der Waals surface area contributed by atoms with Crippen LogP contribution in [0.5, 0.6) is 0 Å². The molecule has 2 atom stereocenters. The standard InChI is InChI=1S/C26H33N5O6S/c1-4-18-12-9-13-20(14-18)24(33)29-31(5-2)16-23(32)21(15-19-10-7-6-8-11-19)27-25(34)22-17-37-26(28-22)30-38(3,35)36/h6-14,17,21,23,32H,4-5,15-16H2,1-3H3,(H,27,34)(H,28,30)(H,29,33)/t21-,23+/m0/s1. The van der Waals surface area contributed by atoms with Crippen LogP contribution >= 0.6 is 0 Å². The fraction of sp³-hybridized carbons (Fsp3) is 0.346. The van der Waals surface area contributed by atoms with Gasteiger partial charge in [0.2, 0.25) is 10.0 Å². The first-order valence-electron chi connectivity index (χ1n) is 12.2. The molecule has 11 nitrogen and oxygen atoms in total. The molecule has 0 saturated heterocycles. The lowest BCUT2D eigenvalue weighted by molar-refractivity contribution is 0.0470. The molecule has 204 valence electrons. The van der Waals surface area contributed by atoms with Crippen LogP contribution in [0.25, 0.3) is 0 Å². The Balaban J connectivity index is 1.72. The number of nitrogens with zero attached hydrogens (tertiary/aromatic N) is 2. The predicted molar refractivity (Wildman–Crippen MR) is 143 cm³/mol. The van der Waals surface area contributed by atoms with E-state index < -0.39 is 28.1 Å². The van der Waals surface area contributed by atoms with Crippen LogP contribution in [0.2, 0.25) is 0 Å². The Morgan fingerprint density at radius 2 is 1.76 bits per heavy atom. The van der Waals surface area contributed by atoms with Gasteiger partial charge in [-0.25, -0.2) is 18.1 Å². The summed E-state index contributed by atoms with van der Waals surface area (Å²) in [6.45, 7) is 4.29. The molecule has 0 unspecified atom stereocenters. The second-order valence-electron chi connectivity index (χ2n) is 8.78. The smallest absolute Gasteiger partial charge is 0.309 e. The Bertz CT molecular complexity index is 1330. The third-order valence-corrected chi connectivity index (χ3v) is 6.28. The van der Waals surface area contributed by atoms with Gasteiger partial charge in [-0.05, 0) is 36.1 Å². The van der Waals surface area contributed by atoms with Crippen LogP contribution in [0.1, 0.15) is 45.8 Å². The van der Waals surface area contributed by atoms with Crippen molar-refractivity contribution >= 4 is 27.9 Å². The van der Waals surface area contributed by atoms with Crippen molar-refractivity contribution in [2.45, 2.75) is 38.8 Å². The number of aliphatic hydroxyl groups is 1. The van der Waals surface area contributed by atoms with Gasteiger partial charge < -0.3 is 14.8 Å². The van der Waals surface area contributed by atoms with Gasteiger partial charge in [0, 0.05) is 18.7 Å². The third-order valence-electron chi connectivity index (χ3n) is 5.74. The van der Waals surface area contributed by atoms with E-state index >= 15 is 0 Å². The maximum absolute atomic E-state index is 12.9. The number of hydrazine groups is 1. The second-order valence-corrected chi connectivity index (χ2v) is 10.5. The second kappa shape index (κ2) is 13.2. The minimum Gasteiger partial charge on any atom is -0.431 e. The number of anilines is 1. The van der Waals surface area contributed by atoms with Crippen LogP contribution in [0.15, 0.2) is 65.3 Å². The normalized spacial score (nSPS) is 13.1. The van der Waals surface area contributed by atoms with Crippen molar-refractivity contribution in [3.05, 3.63) is 83.2 Å². The number of rotatable bonds is 13. The molecule has 12 heteroatoms. The van der Waals surface area contributed by atoms with E-state index in [0.29, 0.717) is 18.5 Å². The number of aryl methyl sites for hydroxylation is 1. The number of aliphatic hydroxyl groups excluding tert-OH is 1. The highest BCUT2D eigenvalue weighted by Crippen LogP contribution is 2.12. The summed E-state index contributed by atoms with van der Waals surface area (Å²) in [6, 6.07) is 15.5. The van der Waals surface area contributed by atoms with Crippen molar-refractivity contribution in [3.63, 3.8) is 0 Å². The summed E-state index contributed by atoms with van der Waals surface area (Å²) in [5.41, 5.74) is 5.09. The number of likely N-dealkylation sites (N-methyl/N-ethyl adjacent to an activating group) is 1. The maximum Gasteiger partial charge on any atom is 0.309 e. The van der Waals surface area contributed by atoms with E-state index in [9.17, 15) is 23.1 Å². The predicted octanol–water partition coefficient (Wildman–Crippen LogP) is 1.98. The summed E-state index contributed by atoms with van der Waals surface area (Å²) < 4.78 is 29.9. The molecule has 38 heavy (non-hydrogen) atoms. The molecule has 0 aliphatic heterocycles. The van der Waals surface area contributed by atoms with Gasteiger partial charge in [0.25, 0.3) is 11.8 Å². The number of nitrogens with one attached hydrogen (secondary N) is 3. The highest BCUT2D eigenvalue weighted by molar-refractivity contribution is 7.91. The van der Waals surface area contributed by atoms with Crippen molar-refractivity contribution in [3.8, 4) is 0 Å². The van der Waals surface area contributed by atoms with Crippen LogP contribution in [0, 0.1) is 0 Å². The summed E-state index contributed by atoms with van der Waals surface area (Å²) in [5.74, 6) is -0.953. The first kappa shape index (κ1) is 28.8. The number of carbonyl (C=O) groups excluding carboxylic acids is 2. The van der Waals surface area contributed by atoms with Crippen molar-refractivity contribution in [1.29, 1.82) is 0 Å². The molecule has 3 rings (SSSR count). The van der Waals surface area contributed by atoms with Crippen molar-refractivity contribution in [2.24, 2.45) is 0 Å². The van der Waals surface area contributed by atoms with E-state index in [1.165, 1.54) is 0 Å². The quantitative estimate of drug-likeness (QED) is 0.239. The molecule has 0 spiro atoms. The molecule has 0 aliphatic carbocycles. The minimum absolute atomic E-state index is 0.0349. The number of aromatic nitrogens is 1. The molecule has 1 aromatic heterocycles. The lowest BCUT2D eigenvalue weighted by Gasteiger charge is -2.29. The first-order valence-corrected chi connectivity index (χ1v) is 14.1. The summed E-state index contributed by atoms with van der Waals surface area (Å²) >= 11 is 0. The van der Waals surface area contributed by atoms with Crippen LogP contribution in [-0.4, -0.2) is 66.8 Å². The van der Waals surface area contributed by atoms with Gasteiger partial charge in [-0.2, -0.15) is 4.98 Å². The molecule has 2 aromatic carbocycles. The zero-order chi connectivity index (χ0) is 27.7. The van der Waals surface area contributed by atoms with Crippen molar-refractivity contribution in [2.75, 3.05) is 24.1 Å². The van der Waals surface area contributed by atoms with Gasteiger partial charge in [0.1, 0.15) is 6.26 Å². The number of sulfonamides is 1. The first-order chi connectivity index (χ1) is 18.1. The van der Waals surface area contributed by atoms with E-state index in [2.05, 4.69) is 20.4 Å². The van der Waals surface area contributed by atoms with Crippen molar-refractivity contribution < 1.29 is 27.5 Å². The Kier molecular flexibility index (Phi) is 9.99. The van der Waals surface area contributed by atoms with Crippen LogP contribution in [0.4, 0.5) is 6.01 Å². The Morgan fingerprint density at radius 3 is 2.42 bits per heavy atom. The highest BCUT2D eigenvalue weighted by Gasteiger charge is 2.26. The topological polar surface area (TPSA) is 154 Å². The van der Waals surface area contributed by atoms with Gasteiger partial charge in [0.15, 0.2) is 5.69 Å². The molecule has 0 saturated carbocycles. The van der Waals surface area contributed by atoms with E-state index in [1.54, 1.807) is 11.1 Å². The summed E-state index contributed by atoms with van der Waals surface area (Å²) in [4.78, 5) is 29.6. The minimum atomic E-state index is -3.64. The monoisotopic (exact) mass is 543 g/mol. The summed E-state index contributed by atoms with van der Waals surface area (Å²) in [5, 5.41) is 15.5. The molecular formula is C26H33N5O6S. The number of hydrogen-bond donors (Lipinski definition) is 4. The van der Waals surface area contributed by atoms with Gasteiger partial charge in [-0.15, -0.1) is 0 Å². The van der Waals surface area contributed by atoms with E-state index in [4.69, 9.17) is 4.42 Å². The fourth-order valence-electron chi connectivity index (χ4n) is 3.72. The molecule has 0 fully saturated rings. The van der Waals surface area contributed by atoms with Gasteiger partial charge in [-0.1, -0.05) is 56.3 Å². The Hall–Kier alpha value is -3.74. The number of hydrogen-bond acceptors (Lipinski definition) is 8. The zero-order valence-corrected chi connectivity index (χ0v) is 22.4. The Labute approximate surface area is 222 Å². The SMILES string of the molecule is CCc1cccc(C(=O)NN(CC)C[C@@H](O)[C@H](Cc2ccccc2)NC(=O)c2coc(NS(C)(=O)=O)n2)c1. The zero-order valence-electron chi connectivity index (χ0n) is 21.5. The number of carbonyl (C=O) groups is 2. The molecular weight excluding hydrogens is 510 g/mol. The molecule has 4 N–H and O–H groups in total. The molecule has 3 aromatic rings. The molecule has 1 heterocycles. The Morgan fingerprint density at radius 1 is 1.05 bits per heavy atom. The van der Waals surface area contributed by atoms with Crippen LogP contribution < -0.4 is 15.5 Å². The van der Waals surface area contributed by atoms with Crippen LogP contribution in [-0.2, 0) is 22.9 Å². The van der Waals surface area contributed by atoms with Crippen molar-refractivity contribution in [1.82, 2.24) is 20.7 Å². The summed E-state index contributed by atoms with van der Waals surface area (Å²) in [7, 11) is -3.64. The summed E-state index contributed by atoms with van der Waals surface area (Å²) in [6.07, 6.45) is 1.97. The molecule has 0 bridgehead atoms. The maximum atomic E-state index is 12.9. The fourth-order valence-corrected chi connectivity index (χ4v) is 4.14. The van der Waals surface area contributed by atoms with E-state index in [-0.39, 0.29) is 24.2 Å². The highest BCUT2D eigenvalue weighted by atomic mass is 32.2. The average molecular weight is 544 g/mol. The number of benzene rings is 2. The number of oxazole rings is 1. The molecule has 0 aliphatic rings. The van der Waals surface area contributed by atoms with Gasteiger partial charge in [-0.3, -0.25) is 15.0 Å². The lowest BCUT2D eigenvalue weighted by Crippen LogP contribution is -2.53. The third kappa shape index (κ3) is 8.68. The molecule has 2 amide bonds. The average Bonchev–Trinajstić information content (AvgIpc) is 3.35.